The maximum Gasteiger partial charge on any atom is 0.322 e. The Labute approximate surface area is 145 Å². The number of hydrogen-bond donors (Lipinski definition) is 3. The van der Waals surface area contributed by atoms with Gasteiger partial charge in [-0.1, -0.05) is 23.5 Å². The van der Waals surface area contributed by atoms with Gasteiger partial charge in [0.2, 0.25) is 5.43 Å². The van der Waals surface area contributed by atoms with E-state index in [2.05, 4.69) is 10.3 Å². The van der Waals surface area contributed by atoms with Gasteiger partial charge >= 0.3 is 5.97 Å². The molecule has 7 nitrogen and oxygen atoms in total. The lowest BCUT2D eigenvalue weighted by Gasteiger charge is -2.07. The molecule has 3 N–H and O–H groups in total. The van der Waals surface area contributed by atoms with E-state index in [1.807, 2.05) is 6.07 Å². The fraction of sp³-hybridized carbons (Fsp3) is 0.0588. The minimum absolute atomic E-state index is 0.274. The molecule has 25 heavy (non-hydrogen) atoms. The number of fused-ring (bicyclic) bond motifs is 1. The molecule has 2 heterocycles. The lowest BCUT2D eigenvalue weighted by Crippen LogP contribution is -2.32. The fourth-order valence-corrected chi connectivity index (χ4v) is 3.29. The second kappa shape index (κ2) is 6.70. The van der Waals surface area contributed by atoms with E-state index in [0.717, 1.165) is 22.5 Å². The Hall–Kier alpha value is -3.26. The van der Waals surface area contributed by atoms with Gasteiger partial charge in [-0.3, -0.25) is 19.4 Å². The number of pyridine rings is 1. The zero-order valence-corrected chi connectivity index (χ0v) is 13.5. The van der Waals surface area contributed by atoms with E-state index in [0.29, 0.717) is 4.70 Å². The van der Waals surface area contributed by atoms with Crippen molar-refractivity contribution in [2.45, 2.75) is 0 Å². The molecule has 0 radical (unpaired) electrons. The second-order valence-corrected chi connectivity index (χ2v) is 6.17. The molecule has 2 aromatic heterocycles. The number of benzene rings is 1. The summed E-state index contributed by atoms with van der Waals surface area (Å²) in [4.78, 5) is 39.1. The van der Waals surface area contributed by atoms with Gasteiger partial charge in [0.15, 0.2) is 5.06 Å². The number of amides is 1. The van der Waals surface area contributed by atoms with Crippen molar-refractivity contribution in [1.82, 2.24) is 10.3 Å². The lowest BCUT2D eigenvalue weighted by atomic mass is 10.1. The van der Waals surface area contributed by atoms with Crippen LogP contribution in [0.25, 0.3) is 21.2 Å². The molecule has 1 aromatic carbocycles. The summed E-state index contributed by atoms with van der Waals surface area (Å²) in [6.45, 7) is -0.639. The highest BCUT2D eigenvalue weighted by atomic mass is 32.1. The monoisotopic (exact) mass is 356 g/mol. The van der Waals surface area contributed by atoms with Crippen LogP contribution in [0.2, 0.25) is 0 Å². The third kappa shape index (κ3) is 3.33. The van der Waals surface area contributed by atoms with E-state index in [9.17, 15) is 19.5 Å². The number of carboxylic acid groups (broad SMARTS) is 1. The molecular formula is C17H12N2O5S. The van der Waals surface area contributed by atoms with Crippen molar-refractivity contribution in [3.63, 3.8) is 0 Å². The van der Waals surface area contributed by atoms with Crippen LogP contribution in [0, 0.1) is 0 Å². The summed E-state index contributed by atoms with van der Waals surface area (Å²) in [5.41, 5.74) is 0.574. The zero-order chi connectivity index (χ0) is 18.0. The number of carbonyl (C=O) groups excluding carboxylic acids is 1. The van der Waals surface area contributed by atoms with Crippen molar-refractivity contribution in [3.8, 4) is 16.2 Å². The van der Waals surface area contributed by atoms with E-state index in [1.165, 1.54) is 0 Å². The van der Waals surface area contributed by atoms with Crippen LogP contribution in [0.4, 0.5) is 0 Å². The van der Waals surface area contributed by atoms with Gasteiger partial charge in [0.1, 0.15) is 12.1 Å². The van der Waals surface area contributed by atoms with Crippen molar-refractivity contribution < 1.29 is 19.8 Å². The number of carbonyl (C=O) groups is 2. The standard InChI is InChI=1S/C17H12N2O5S/c20-13(21)8-19-16(23)14-15(22)11-4-3-9(6-12(11)25-17(14)24)10-2-1-5-18-7-10/h1-7,24H,8H2,(H,19,23)(H,20,21). The molecule has 3 rings (SSSR count). The molecule has 0 saturated heterocycles. The number of nitrogens with zero attached hydrogens (tertiary/aromatic N) is 1. The van der Waals surface area contributed by atoms with Crippen LogP contribution in [-0.2, 0) is 4.79 Å². The molecule has 0 aliphatic heterocycles. The SMILES string of the molecule is O=C(O)CNC(=O)c1c(O)sc2cc(-c3cccnc3)ccc2c1=O. The summed E-state index contributed by atoms with van der Waals surface area (Å²) in [5.74, 6) is -2.16. The third-order valence-electron chi connectivity index (χ3n) is 3.50. The van der Waals surface area contributed by atoms with Crippen LogP contribution in [0.3, 0.4) is 0 Å². The van der Waals surface area contributed by atoms with Crippen LogP contribution >= 0.6 is 11.3 Å². The molecule has 0 aliphatic carbocycles. The van der Waals surface area contributed by atoms with E-state index in [4.69, 9.17) is 5.11 Å². The Balaban J connectivity index is 2.08. The summed E-state index contributed by atoms with van der Waals surface area (Å²) in [6, 6.07) is 8.68. The van der Waals surface area contributed by atoms with Crippen molar-refractivity contribution in [2.75, 3.05) is 6.54 Å². The van der Waals surface area contributed by atoms with Crippen LogP contribution in [-0.4, -0.2) is 33.6 Å². The van der Waals surface area contributed by atoms with Gasteiger partial charge in [0.05, 0.1) is 0 Å². The minimum Gasteiger partial charge on any atom is -0.499 e. The number of aromatic hydroxyl groups is 1. The summed E-state index contributed by atoms with van der Waals surface area (Å²) >= 11 is 0.881. The lowest BCUT2D eigenvalue weighted by molar-refractivity contribution is -0.135. The van der Waals surface area contributed by atoms with Crippen LogP contribution < -0.4 is 10.7 Å². The number of aliphatic carboxylic acids is 1. The van der Waals surface area contributed by atoms with Gasteiger partial charge in [-0.25, -0.2) is 0 Å². The minimum atomic E-state index is -1.24. The van der Waals surface area contributed by atoms with E-state index in [-0.39, 0.29) is 5.39 Å². The van der Waals surface area contributed by atoms with Crippen molar-refractivity contribution in [1.29, 1.82) is 0 Å². The maximum atomic E-state index is 12.5. The van der Waals surface area contributed by atoms with E-state index < -0.39 is 34.5 Å². The predicted octanol–water partition coefficient (Wildman–Crippen LogP) is 1.84. The smallest absolute Gasteiger partial charge is 0.322 e. The van der Waals surface area contributed by atoms with Crippen LogP contribution in [0.5, 0.6) is 5.06 Å². The first-order chi connectivity index (χ1) is 12.0. The average Bonchev–Trinajstić information content (AvgIpc) is 2.60. The molecule has 0 atom stereocenters. The number of carboxylic acids is 1. The average molecular weight is 356 g/mol. The van der Waals surface area contributed by atoms with Gasteiger partial charge in [0, 0.05) is 28.0 Å². The number of aromatic nitrogens is 1. The summed E-state index contributed by atoms with van der Waals surface area (Å²) in [6.07, 6.45) is 3.33. The van der Waals surface area contributed by atoms with Crippen molar-refractivity contribution >= 4 is 33.3 Å². The zero-order valence-electron chi connectivity index (χ0n) is 12.7. The normalized spacial score (nSPS) is 10.6. The Morgan fingerprint density at radius 2 is 2.00 bits per heavy atom. The molecule has 8 heteroatoms. The van der Waals surface area contributed by atoms with Gasteiger partial charge in [-0.05, 0) is 23.8 Å². The number of hydrogen-bond acceptors (Lipinski definition) is 6. The van der Waals surface area contributed by atoms with Crippen LogP contribution in [0.1, 0.15) is 10.4 Å². The van der Waals surface area contributed by atoms with Crippen molar-refractivity contribution in [2.24, 2.45) is 0 Å². The Morgan fingerprint density at radius 3 is 2.68 bits per heavy atom. The molecule has 0 bridgehead atoms. The molecular weight excluding hydrogens is 344 g/mol. The van der Waals surface area contributed by atoms with E-state index >= 15 is 0 Å². The third-order valence-corrected chi connectivity index (χ3v) is 4.45. The molecule has 126 valence electrons. The highest BCUT2D eigenvalue weighted by molar-refractivity contribution is 7.20. The predicted molar refractivity (Wildman–Crippen MR) is 93.0 cm³/mol. The Kier molecular flexibility index (Phi) is 4.44. The Morgan fingerprint density at radius 1 is 1.20 bits per heavy atom. The van der Waals surface area contributed by atoms with Crippen LogP contribution in [0.15, 0.2) is 47.5 Å². The van der Waals surface area contributed by atoms with E-state index in [1.54, 1.807) is 36.7 Å². The highest BCUT2D eigenvalue weighted by Crippen LogP contribution is 2.31. The molecule has 0 spiro atoms. The molecule has 1 amide bonds. The van der Waals surface area contributed by atoms with Gasteiger partial charge < -0.3 is 15.5 Å². The Bertz CT molecular complexity index is 1030. The first-order valence-electron chi connectivity index (χ1n) is 7.17. The highest BCUT2D eigenvalue weighted by Gasteiger charge is 2.20. The number of rotatable bonds is 4. The van der Waals surface area contributed by atoms with Gasteiger partial charge in [-0.2, -0.15) is 0 Å². The number of nitrogens with one attached hydrogen (secondary N) is 1. The quantitative estimate of drug-likeness (QED) is 0.657. The fourth-order valence-electron chi connectivity index (χ4n) is 2.34. The van der Waals surface area contributed by atoms with Gasteiger partial charge in [-0.15, -0.1) is 0 Å². The summed E-state index contributed by atoms with van der Waals surface area (Å²) in [5, 5.41) is 20.6. The van der Waals surface area contributed by atoms with Gasteiger partial charge in [0.25, 0.3) is 5.91 Å². The molecule has 3 aromatic rings. The topological polar surface area (TPSA) is 117 Å². The molecule has 0 saturated carbocycles. The first kappa shape index (κ1) is 16.6. The largest absolute Gasteiger partial charge is 0.499 e. The molecule has 0 unspecified atom stereocenters. The van der Waals surface area contributed by atoms with Crippen molar-refractivity contribution in [3.05, 3.63) is 58.5 Å². The molecule has 0 aliphatic rings. The molecule has 0 fully saturated rings. The maximum absolute atomic E-state index is 12.5. The second-order valence-electron chi connectivity index (χ2n) is 5.14. The summed E-state index contributed by atoms with van der Waals surface area (Å²) in [7, 11) is 0. The summed E-state index contributed by atoms with van der Waals surface area (Å²) < 4.78 is 0.513. The first-order valence-corrected chi connectivity index (χ1v) is 7.99.